The molecule has 0 spiro atoms. The van der Waals surface area contributed by atoms with E-state index in [-0.39, 0.29) is 5.41 Å². The molecule has 134 valence electrons. The molecule has 1 saturated carbocycles. The summed E-state index contributed by atoms with van der Waals surface area (Å²) in [6, 6.07) is 0.440. The van der Waals surface area contributed by atoms with Crippen molar-refractivity contribution in [2.45, 2.75) is 59.6 Å². The first-order valence-electron chi connectivity index (χ1n) is 9.02. The van der Waals surface area contributed by atoms with Crippen LogP contribution in [0.3, 0.4) is 0 Å². The summed E-state index contributed by atoms with van der Waals surface area (Å²) in [5.41, 5.74) is 1.32. The monoisotopic (exact) mass is 350 g/mol. The van der Waals surface area contributed by atoms with Crippen LogP contribution in [0, 0.1) is 25.2 Å². The molecule has 1 aromatic heterocycles. The Hall–Kier alpha value is -1.14. The molecule has 1 saturated heterocycles. The number of hydrogen-bond acceptors (Lipinski definition) is 4. The van der Waals surface area contributed by atoms with Crippen LogP contribution in [0.1, 0.15) is 42.8 Å². The van der Waals surface area contributed by atoms with Gasteiger partial charge < -0.3 is 15.4 Å². The minimum absolute atomic E-state index is 0.169. The zero-order valence-electron chi connectivity index (χ0n) is 15.5. The Balaban J connectivity index is 1.61. The first-order chi connectivity index (χ1) is 11.4. The van der Waals surface area contributed by atoms with Gasteiger partial charge in [0, 0.05) is 48.4 Å². The summed E-state index contributed by atoms with van der Waals surface area (Å²) in [7, 11) is 0. The third-order valence-electron chi connectivity index (χ3n) is 5.35. The first-order valence-corrected chi connectivity index (χ1v) is 9.84. The van der Waals surface area contributed by atoms with Crippen LogP contribution in [0.15, 0.2) is 4.99 Å². The Morgan fingerprint density at radius 2 is 2.21 bits per heavy atom. The van der Waals surface area contributed by atoms with Crippen LogP contribution >= 0.6 is 11.3 Å². The number of nitrogens with zero attached hydrogens (tertiary/aromatic N) is 2. The zero-order valence-corrected chi connectivity index (χ0v) is 16.3. The lowest BCUT2D eigenvalue weighted by molar-refractivity contribution is -0.106. The average molecular weight is 351 g/mol. The number of thiazole rings is 1. The van der Waals surface area contributed by atoms with Crippen molar-refractivity contribution < 1.29 is 4.74 Å². The molecule has 1 aliphatic carbocycles. The average Bonchev–Trinajstić information content (AvgIpc) is 3.10. The topological polar surface area (TPSA) is 58.5 Å². The van der Waals surface area contributed by atoms with Gasteiger partial charge in [0.25, 0.3) is 0 Å². The van der Waals surface area contributed by atoms with Crippen LogP contribution in [0.5, 0.6) is 0 Å². The van der Waals surface area contributed by atoms with Crippen molar-refractivity contribution in [3.63, 3.8) is 0 Å². The number of aliphatic imine (C=N–C) groups is 1. The Kier molecular flexibility index (Phi) is 5.16. The number of fused-ring (bicyclic) bond motifs is 1. The molecule has 0 amide bonds. The van der Waals surface area contributed by atoms with Gasteiger partial charge in [-0.15, -0.1) is 11.3 Å². The van der Waals surface area contributed by atoms with Crippen LogP contribution in [0.2, 0.25) is 0 Å². The van der Waals surface area contributed by atoms with Gasteiger partial charge in [0.1, 0.15) is 0 Å². The van der Waals surface area contributed by atoms with Gasteiger partial charge in [0.15, 0.2) is 5.96 Å². The second-order valence-corrected chi connectivity index (χ2v) is 8.73. The number of aromatic nitrogens is 1. The zero-order chi connectivity index (χ0) is 17.3. The molecule has 24 heavy (non-hydrogen) atoms. The highest BCUT2D eigenvalue weighted by atomic mass is 32.1. The second kappa shape index (κ2) is 7.00. The highest BCUT2D eigenvalue weighted by molar-refractivity contribution is 7.11. The molecule has 3 atom stereocenters. The van der Waals surface area contributed by atoms with Crippen LogP contribution < -0.4 is 10.6 Å². The second-order valence-electron chi connectivity index (χ2n) is 7.44. The van der Waals surface area contributed by atoms with Gasteiger partial charge >= 0.3 is 0 Å². The van der Waals surface area contributed by atoms with E-state index in [0.29, 0.717) is 18.1 Å². The Labute approximate surface area is 149 Å². The fourth-order valence-electron chi connectivity index (χ4n) is 4.16. The van der Waals surface area contributed by atoms with Gasteiger partial charge in [-0.25, -0.2) is 4.98 Å². The van der Waals surface area contributed by atoms with E-state index in [0.717, 1.165) is 49.2 Å². The SMILES string of the molecule is CCNC(=NCCc1sc(C)nc1C)NC1C2CCOC2C1(C)C. The molecule has 2 N–H and O–H groups in total. The highest BCUT2D eigenvalue weighted by Crippen LogP contribution is 2.52. The number of ether oxygens (including phenoxy) is 1. The van der Waals surface area contributed by atoms with E-state index in [1.807, 2.05) is 0 Å². The maximum atomic E-state index is 5.89. The molecule has 2 fully saturated rings. The number of hydrogen-bond donors (Lipinski definition) is 2. The lowest BCUT2D eigenvalue weighted by Gasteiger charge is -2.54. The summed E-state index contributed by atoms with van der Waals surface area (Å²) in [4.78, 5) is 10.6. The smallest absolute Gasteiger partial charge is 0.191 e. The molecule has 1 aromatic rings. The molecule has 5 nitrogen and oxygen atoms in total. The van der Waals surface area contributed by atoms with Crippen LogP contribution in [0.25, 0.3) is 0 Å². The van der Waals surface area contributed by atoms with Gasteiger partial charge in [-0.1, -0.05) is 13.8 Å². The quantitative estimate of drug-likeness (QED) is 0.633. The number of rotatable bonds is 5. The molecular formula is C18H30N4OS. The lowest BCUT2D eigenvalue weighted by Crippen LogP contribution is -2.68. The molecule has 0 aromatic carbocycles. The summed E-state index contributed by atoms with van der Waals surface area (Å²) in [5.74, 6) is 1.55. The van der Waals surface area contributed by atoms with Gasteiger partial charge in [-0.05, 0) is 27.2 Å². The van der Waals surface area contributed by atoms with Gasteiger partial charge in [-0.3, -0.25) is 4.99 Å². The van der Waals surface area contributed by atoms with E-state index in [1.54, 1.807) is 11.3 Å². The van der Waals surface area contributed by atoms with E-state index in [1.165, 1.54) is 4.88 Å². The first kappa shape index (κ1) is 17.7. The molecule has 3 unspecified atom stereocenters. The van der Waals surface area contributed by atoms with Crippen molar-refractivity contribution in [2.24, 2.45) is 16.3 Å². The van der Waals surface area contributed by atoms with Crippen molar-refractivity contribution in [1.82, 2.24) is 15.6 Å². The molecule has 2 heterocycles. The predicted molar refractivity (Wildman–Crippen MR) is 99.8 cm³/mol. The van der Waals surface area contributed by atoms with Gasteiger partial charge in [0.05, 0.1) is 16.8 Å². The predicted octanol–water partition coefficient (Wildman–Crippen LogP) is 2.67. The molecule has 0 bridgehead atoms. The van der Waals surface area contributed by atoms with Gasteiger partial charge in [0.2, 0.25) is 0 Å². The van der Waals surface area contributed by atoms with Crippen LogP contribution in [0.4, 0.5) is 0 Å². The van der Waals surface area contributed by atoms with E-state index in [2.05, 4.69) is 50.2 Å². The van der Waals surface area contributed by atoms with E-state index >= 15 is 0 Å². The third kappa shape index (κ3) is 3.31. The summed E-state index contributed by atoms with van der Waals surface area (Å²) in [5, 5.41) is 8.20. The molecule has 3 rings (SSSR count). The minimum atomic E-state index is 0.169. The van der Waals surface area contributed by atoms with Crippen molar-refractivity contribution in [3.8, 4) is 0 Å². The number of nitrogens with one attached hydrogen (secondary N) is 2. The Morgan fingerprint density at radius 3 is 2.88 bits per heavy atom. The Morgan fingerprint density at radius 1 is 1.42 bits per heavy atom. The van der Waals surface area contributed by atoms with Gasteiger partial charge in [-0.2, -0.15) is 0 Å². The largest absolute Gasteiger partial charge is 0.377 e. The summed E-state index contributed by atoms with van der Waals surface area (Å²) in [6.45, 7) is 13.4. The van der Waals surface area contributed by atoms with E-state index in [4.69, 9.17) is 9.73 Å². The van der Waals surface area contributed by atoms with Crippen molar-refractivity contribution in [3.05, 3.63) is 15.6 Å². The summed E-state index contributed by atoms with van der Waals surface area (Å²) >= 11 is 1.78. The highest BCUT2D eigenvalue weighted by Gasteiger charge is 2.59. The van der Waals surface area contributed by atoms with Crippen molar-refractivity contribution >= 4 is 17.3 Å². The van der Waals surface area contributed by atoms with Crippen LogP contribution in [-0.4, -0.2) is 42.8 Å². The fourth-order valence-corrected chi connectivity index (χ4v) is 5.09. The maximum absolute atomic E-state index is 5.89. The molecule has 2 aliphatic rings. The van der Waals surface area contributed by atoms with E-state index < -0.39 is 0 Å². The van der Waals surface area contributed by atoms with Crippen LogP contribution in [-0.2, 0) is 11.2 Å². The summed E-state index contributed by atoms with van der Waals surface area (Å²) < 4.78 is 5.89. The summed E-state index contributed by atoms with van der Waals surface area (Å²) in [6.07, 6.45) is 2.52. The number of aryl methyl sites for hydroxylation is 2. The lowest BCUT2D eigenvalue weighted by atomic mass is 9.57. The molecule has 6 heteroatoms. The van der Waals surface area contributed by atoms with Crippen molar-refractivity contribution in [1.29, 1.82) is 0 Å². The van der Waals surface area contributed by atoms with Crippen molar-refractivity contribution in [2.75, 3.05) is 19.7 Å². The fraction of sp³-hybridized carbons (Fsp3) is 0.778. The molecular weight excluding hydrogens is 320 g/mol. The standard InChI is InChI=1S/C18H30N4OS/c1-6-19-17(20-9-7-14-11(2)21-12(3)24-14)22-15-13-8-10-23-16(13)18(15,4)5/h13,15-16H,6-10H2,1-5H3,(H2,19,20,22). The number of guanidine groups is 1. The molecule has 0 radical (unpaired) electrons. The maximum Gasteiger partial charge on any atom is 0.191 e. The Bertz CT molecular complexity index is 610. The van der Waals surface area contributed by atoms with E-state index in [9.17, 15) is 0 Å². The normalized spacial score (nSPS) is 28.4. The molecule has 1 aliphatic heterocycles. The third-order valence-corrected chi connectivity index (χ3v) is 6.48. The minimum Gasteiger partial charge on any atom is -0.377 e.